The van der Waals surface area contributed by atoms with Crippen LogP contribution in [-0.4, -0.2) is 48.8 Å². The molecule has 5 rings (SSSR count). The zero-order chi connectivity index (χ0) is 24.3. The van der Waals surface area contributed by atoms with Crippen LogP contribution in [0.3, 0.4) is 0 Å². The highest BCUT2D eigenvalue weighted by atomic mass is 16.5. The van der Waals surface area contributed by atoms with Gasteiger partial charge in [0.25, 0.3) is 5.91 Å². The summed E-state index contributed by atoms with van der Waals surface area (Å²) in [4.78, 5) is 25.3. The molecular formula is C25H29N7O2. The Morgan fingerprint density at radius 3 is 2.59 bits per heavy atom. The van der Waals surface area contributed by atoms with Gasteiger partial charge in [-0.25, -0.2) is 9.97 Å². The van der Waals surface area contributed by atoms with Crippen LogP contribution in [0, 0.1) is 27.7 Å². The number of carbonyl (C=O) groups is 1. The summed E-state index contributed by atoms with van der Waals surface area (Å²) in [7, 11) is 3.54. The van der Waals surface area contributed by atoms with Gasteiger partial charge in [-0.15, -0.1) is 0 Å². The first-order valence-electron chi connectivity index (χ1n) is 11.3. The molecule has 1 aliphatic rings. The van der Waals surface area contributed by atoms with Gasteiger partial charge in [0.1, 0.15) is 22.6 Å². The van der Waals surface area contributed by atoms with Crippen LogP contribution >= 0.6 is 0 Å². The molecule has 0 spiro atoms. The SMILES string of the molecule is COc1ccc(C)c(-n2c(N)c(C(=O)N3CCc4nn(C)cc4C3)c3nc(C)c(C)nc32)c1C. The second-order valence-corrected chi connectivity index (χ2v) is 8.97. The van der Waals surface area contributed by atoms with E-state index in [0.29, 0.717) is 42.1 Å². The summed E-state index contributed by atoms with van der Waals surface area (Å²) >= 11 is 0. The van der Waals surface area contributed by atoms with E-state index in [1.165, 1.54) is 0 Å². The molecule has 1 aromatic carbocycles. The molecule has 0 fully saturated rings. The predicted molar refractivity (Wildman–Crippen MR) is 130 cm³/mol. The zero-order valence-corrected chi connectivity index (χ0v) is 20.4. The lowest BCUT2D eigenvalue weighted by molar-refractivity contribution is 0.0737. The first-order chi connectivity index (χ1) is 16.2. The van der Waals surface area contributed by atoms with Crippen LogP contribution in [0.15, 0.2) is 18.3 Å². The molecular weight excluding hydrogens is 430 g/mol. The lowest BCUT2D eigenvalue weighted by Crippen LogP contribution is -2.36. The van der Waals surface area contributed by atoms with Crippen LogP contribution in [0.2, 0.25) is 0 Å². The standard InChI is InChI=1S/C25H29N7O2/c1-13-7-8-19(34-6)14(2)22(13)32-23(26)20(21-24(32)28-16(4)15(3)27-21)25(33)31-10-9-18-17(12-31)11-30(5)29-18/h7-8,11H,9-10,12,26H2,1-6H3. The van der Waals surface area contributed by atoms with Crippen LogP contribution in [0.5, 0.6) is 5.75 Å². The Hall–Kier alpha value is -3.88. The van der Waals surface area contributed by atoms with E-state index in [4.69, 9.17) is 20.4 Å². The second-order valence-electron chi connectivity index (χ2n) is 8.97. The highest BCUT2D eigenvalue weighted by Gasteiger charge is 2.31. The molecule has 4 aromatic rings. The van der Waals surface area contributed by atoms with Crippen LogP contribution < -0.4 is 10.5 Å². The average molecular weight is 460 g/mol. The van der Waals surface area contributed by atoms with Gasteiger partial charge in [-0.05, 0) is 39.3 Å². The van der Waals surface area contributed by atoms with Crippen molar-refractivity contribution >= 4 is 22.9 Å². The fourth-order valence-electron chi connectivity index (χ4n) is 4.86. The maximum atomic E-state index is 13.9. The maximum Gasteiger partial charge on any atom is 0.260 e. The molecule has 34 heavy (non-hydrogen) atoms. The monoisotopic (exact) mass is 459 g/mol. The molecule has 3 aromatic heterocycles. The van der Waals surface area contributed by atoms with Gasteiger partial charge in [0.05, 0.1) is 29.9 Å². The van der Waals surface area contributed by atoms with Crippen LogP contribution in [0.4, 0.5) is 5.82 Å². The van der Waals surface area contributed by atoms with E-state index in [2.05, 4.69) is 5.10 Å². The Kier molecular flexibility index (Phi) is 5.07. The number of ether oxygens (including phenoxy) is 1. The lowest BCUT2D eigenvalue weighted by Gasteiger charge is -2.26. The topological polar surface area (TPSA) is 104 Å². The van der Waals surface area contributed by atoms with Gasteiger partial charge in [-0.2, -0.15) is 5.10 Å². The quantitative estimate of drug-likeness (QED) is 0.505. The number of carbonyl (C=O) groups excluding carboxylic acids is 1. The predicted octanol–water partition coefficient (Wildman–Crippen LogP) is 3.18. The molecule has 0 aliphatic carbocycles. The highest BCUT2D eigenvalue weighted by Crippen LogP contribution is 2.36. The number of fused-ring (bicyclic) bond motifs is 2. The Balaban J connectivity index is 1.73. The summed E-state index contributed by atoms with van der Waals surface area (Å²) in [5, 5.41) is 4.50. The van der Waals surface area contributed by atoms with Crippen molar-refractivity contribution in [3.63, 3.8) is 0 Å². The number of methoxy groups -OCH3 is 1. The van der Waals surface area contributed by atoms with Crippen molar-refractivity contribution in [3.05, 3.63) is 57.7 Å². The minimum absolute atomic E-state index is 0.147. The number of rotatable bonds is 3. The van der Waals surface area contributed by atoms with Crippen LogP contribution in [0.1, 0.15) is 44.1 Å². The number of hydrogen-bond acceptors (Lipinski definition) is 6. The van der Waals surface area contributed by atoms with Gasteiger partial charge in [0.2, 0.25) is 0 Å². The molecule has 4 heterocycles. The van der Waals surface area contributed by atoms with Crippen molar-refractivity contribution in [1.82, 2.24) is 29.2 Å². The Morgan fingerprint density at radius 1 is 1.12 bits per heavy atom. The Morgan fingerprint density at radius 2 is 1.85 bits per heavy atom. The Bertz CT molecular complexity index is 1460. The van der Waals surface area contributed by atoms with Gasteiger partial charge in [-0.3, -0.25) is 14.0 Å². The summed E-state index contributed by atoms with van der Waals surface area (Å²) in [5.74, 6) is 0.930. The number of amides is 1. The third-order valence-electron chi connectivity index (χ3n) is 6.73. The fourth-order valence-corrected chi connectivity index (χ4v) is 4.86. The molecule has 9 nitrogen and oxygen atoms in total. The van der Waals surface area contributed by atoms with Crippen molar-refractivity contribution in [3.8, 4) is 11.4 Å². The van der Waals surface area contributed by atoms with E-state index in [1.54, 1.807) is 11.8 Å². The van der Waals surface area contributed by atoms with Gasteiger partial charge in [-0.1, -0.05) is 6.07 Å². The zero-order valence-electron chi connectivity index (χ0n) is 20.4. The van der Waals surface area contributed by atoms with E-state index in [9.17, 15) is 4.79 Å². The largest absolute Gasteiger partial charge is 0.496 e. The minimum Gasteiger partial charge on any atom is -0.496 e. The number of benzene rings is 1. The third-order valence-corrected chi connectivity index (χ3v) is 6.73. The van der Waals surface area contributed by atoms with E-state index < -0.39 is 0 Å². The van der Waals surface area contributed by atoms with Crippen molar-refractivity contribution in [2.24, 2.45) is 7.05 Å². The molecule has 0 radical (unpaired) electrons. The van der Waals surface area contributed by atoms with E-state index in [0.717, 1.165) is 45.2 Å². The number of anilines is 1. The number of aromatic nitrogens is 5. The van der Waals surface area contributed by atoms with Gasteiger partial charge < -0.3 is 15.4 Å². The first-order valence-corrected chi connectivity index (χ1v) is 11.3. The van der Waals surface area contributed by atoms with Crippen molar-refractivity contribution in [2.45, 2.75) is 40.7 Å². The molecule has 0 atom stereocenters. The van der Waals surface area contributed by atoms with Crippen molar-refractivity contribution in [2.75, 3.05) is 19.4 Å². The lowest BCUT2D eigenvalue weighted by atomic mass is 10.1. The number of nitrogen functional groups attached to an aromatic ring is 1. The van der Waals surface area contributed by atoms with Gasteiger partial charge in [0, 0.05) is 43.9 Å². The molecule has 1 amide bonds. The molecule has 0 saturated heterocycles. The molecule has 2 N–H and O–H groups in total. The average Bonchev–Trinajstić information content (AvgIpc) is 3.30. The van der Waals surface area contributed by atoms with E-state index >= 15 is 0 Å². The summed E-state index contributed by atoms with van der Waals surface area (Å²) in [6.07, 6.45) is 2.68. The van der Waals surface area contributed by atoms with Gasteiger partial charge >= 0.3 is 0 Å². The number of nitrogens with zero attached hydrogens (tertiary/aromatic N) is 6. The number of nitrogens with two attached hydrogens (primary N) is 1. The number of hydrogen-bond donors (Lipinski definition) is 1. The smallest absolute Gasteiger partial charge is 0.260 e. The molecule has 0 bridgehead atoms. The summed E-state index contributed by atoms with van der Waals surface area (Å²) in [6, 6.07) is 3.92. The highest BCUT2D eigenvalue weighted by molar-refractivity contribution is 6.10. The maximum absolute atomic E-state index is 13.9. The normalized spacial score (nSPS) is 13.4. The molecule has 1 aliphatic heterocycles. The fraction of sp³-hybridized carbons (Fsp3) is 0.360. The van der Waals surface area contributed by atoms with Crippen molar-refractivity contribution < 1.29 is 9.53 Å². The number of aryl methyl sites for hydroxylation is 4. The van der Waals surface area contributed by atoms with Crippen LogP contribution in [0.25, 0.3) is 16.9 Å². The molecule has 9 heteroatoms. The first kappa shape index (κ1) is 21.9. The molecule has 176 valence electrons. The summed E-state index contributed by atoms with van der Waals surface area (Å²) < 4.78 is 9.22. The second kappa shape index (κ2) is 7.86. The van der Waals surface area contributed by atoms with E-state index in [-0.39, 0.29) is 5.91 Å². The Labute approximate surface area is 198 Å². The molecule has 0 saturated carbocycles. The third kappa shape index (κ3) is 3.22. The van der Waals surface area contributed by atoms with Gasteiger partial charge in [0.15, 0.2) is 5.65 Å². The molecule has 0 unspecified atom stereocenters. The summed E-state index contributed by atoms with van der Waals surface area (Å²) in [5.41, 5.74) is 14.7. The summed E-state index contributed by atoms with van der Waals surface area (Å²) in [6.45, 7) is 8.87. The van der Waals surface area contributed by atoms with Crippen LogP contribution in [-0.2, 0) is 20.0 Å². The van der Waals surface area contributed by atoms with Crippen molar-refractivity contribution in [1.29, 1.82) is 0 Å². The van der Waals surface area contributed by atoms with E-state index in [1.807, 2.05) is 62.5 Å². The minimum atomic E-state index is -0.147.